The first-order valence-electron chi connectivity index (χ1n) is 9.26. The van der Waals surface area contributed by atoms with Gasteiger partial charge in [0.1, 0.15) is 12.3 Å². The van der Waals surface area contributed by atoms with E-state index in [9.17, 15) is 14.0 Å². The van der Waals surface area contributed by atoms with Gasteiger partial charge in [0, 0.05) is 5.75 Å². The molecule has 1 saturated heterocycles. The third-order valence-electron chi connectivity index (χ3n) is 5.27. The number of rotatable bonds is 4. The zero-order valence-electron chi connectivity index (χ0n) is 15.8. The largest absolute Gasteiger partial charge is 0.460 e. The van der Waals surface area contributed by atoms with Crippen molar-refractivity contribution >= 4 is 23.5 Å². The van der Waals surface area contributed by atoms with Crippen LogP contribution in [0.4, 0.5) is 10.2 Å². The van der Waals surface area contributed by atoms with Crippen LogP contribution in [0.5, 0.6) is 0 Å². The molecule has 1 saturated carbocycles. The molecule has 0 bridgehead atoms. The molecule has 5 atom stereocenters. The van der Waals surface area contributed by atoms with Gasteiger partial charge in [0.15, 0.2) is 11.6 Å². The van der Waals surface area contributed by atoms with E-state index in [1.807, 2.05) is 0 Å². The number of nitrogens with two attached hydrogens (primary N) is 1. The quantitative estimate of drug-likeness (QED) is 0.777. The molecule has 2 fully saturated rings. The van der Waals surface area contributed by atoms with Crippen LogP contribution in [0, 0.1) is 23.6 Å². The summed E-state index contributed by atoms with van der Waals surface area (Å²) in [5.41, 5.74) is 3.74. The maximum atomic E-state index is 13.6. The summed E-state index contributed by atoms with van der Waals surface area (Å²) in [5, 5.41) is 0. The molecule has 2 heterocycles. The van der Waals surface area contributed by atoms with Crippen molar-refractivity contribution in [2.75, 3.05) is 11.5 Å². The topological polar surface area (TPSA) is 96.4 Å². The summed E-state index contributed by atoms with van der Waals surface area (Å²) in [6, 6.07) is 0. The molecule has 27 heavy (non-hydrogen) atoms. The number of nitrogen functional groups attached to an aromatic ring is 1. The molecule has 0 amide bonds. The average molecular weight is 399 g/mol. The molecular formula is C18H26FN3O4S. The van der Waals surface area contributed by atoms with E-state index < -0.39 is 35.0 Å². The van der Waals surface area contributed by atoms with Gasteiger partial charge in [0.05, 0.1) is 6.20 Å². The summed E-state index contributed by atoms with van der Waals surface area (Å²) in [4.78, 5) is 27.8. The smallest absolute Gasteiger partial charge is 0.351 e. The maximum absolute atomic E-state index is 13.6. The van der Waals surface area contributed by atoms with Gasteiger partial charge in [-0.15, -0.1) is 11.8 Å². The molecule has 1 aliphatic carbocycles. The van der Waals surface area contributed by atoms with Crippen molar-refractivity contribution in [2.24, 2.45) is 17.8 Å². The SMILES string of the molecule is CC(C)[C@@H]1CC(OC(=O)[C@@H]2OC(n3cc(F)c(N)nc3=O)CS2)C[C@@H](C)C1. The third kappa shape index (κ3) is 4.63. The van der Waals surface area contributed by atoms with Gasteiger partial charge in [0.25, 0.3) is 0 Å². The van der Waals surface area contributed by atoms with Gasteiger partial charge in [0.2, 0.25) is 5.44 Å². The third-order valence-corrected chi connectivity index (χ3v) is 6.35. The highest BCUT2D eigenvalue weighted by Gasteiger charge is 2.37. The number of anilines is 1. The van der Waals surface area contributed by atoms with Crippen molar-refractivity contribution in [3.8, 4) is 0 Å². The molecule has 0 radical (unpaired) electrons. The molecule has 150 valence electrons. The average Bonchev–Trinajstić information content (AvgIpc) is 3.07. The minimum Gasteiger partial charge on any atom is -0.460 e. The van der Waals surface area contributed by atoms with Crippen molar-refractivity contribution < 1.29 is 18.7 Å². The lowest BCUT2D eigenvalue weighted by Gasteiger charge is -2.35. The molecule has 0 spiro atoms. The number of carbonyl (C=O) groups is 1. The summed E-state index contributed by atoms with van der Waals surface area (Å²) >= 11 is 1.23. The van der Waals surface area contributed by atoms with Crippen LogP contribution in [0.3, 0.4) is 0 Å². The van der Waals surface area contributed by atoms with Crippen molar-refractivity contribution in [1.29, 1.82) is 0 Å². The van der Waals surface area contributed by atoms with Crippen LogP contribution in [0.1, 0.15) is 46.3 Å². The number of hydrogen-bond donors (Lipinski definition) is 1. The first kappa shape index (κ1) is 20.1. The molecule has 1 aromatic heterocycles. The Morgan fingerprint density at radius 1 is 1.44 bits per heavy atom. The van der Waals surface area contributed by atoms with Crippen LogP contribution in [0.2, 0.25) is 0 Å². The molecule has 1 aromatic rings. The molecule has 2 aliphatic rings. The van der Waals surface area contributed by atoms with Gasteiger partial charge >= 0.3 is 11.7 Å². The number of halogens is 1. The molecule has 2 N–H and O–H groups in total. The number of aromatic nitrogens is 2. The fourth-order valence-electron chi connectivity index (χ4n) is 3.78. The number of nitrogens with zero attached hydrogens (tertiary/aromatic N) is 2. The van der Waals surface area contributed by atoms with E-state index in [1.165, 1.54) is 11.8 Å². The molecule has 3 rings (SSSR count). The second-order valence-corrected chi connectivity index (χ2v) is 8.89. The fraction of sp³-hybridized carbons (Fsp3) is 0.722. The van der Waals surface area contributed by atoms with Crippen LogP contribution in [0.25, 0.3) is 0 Å². The number of ether oxygens (including phenoxy) is 2. The predicted molar refractivity (Wildman–Crippen MR) is 100 cm³/mol. The Labute approximate surface area is 161 Å². The van der Waals surface area contributed by atoms with E-state index >= 15 is 0 Å². The molecule has 1 aliphatic heterocycles. The lowest BCUT2D eigenvalue weighted by molar-refractivity contribution is -0.163. The highest BCUT2D eigenvalue weighted by Crippen LogP contribution is 2.37. The minimum atomic E-state index is -0.836. The molecule has 0 aromatic carbocycles. The van der Waals surface area contributed by atoms with Gasteiger partial charge in [-0.1, -0.05) is 20.8 Å². The fourth-order valence-corrected chi connectivity index (χ4v) is 4.75. The summed E-state index contributed by atoms with van der Waals surface area (Å²) < 4.78 is 26.0. The van der Waals surface area contributed by atoms with Crippen LogP contribution < -0.4 is 11.4 Å². The number of esters is 1. The Kier molecular flexibility index (Phi) is 6.10. The Morgan fingerprint density at radius 2 is 2.19 bits per heavy atom. The second-order valence-electron chi connectivity index (χ2n) is 7.80. The standard InChI is InChI=1S/C18H26FN3O4S/c1-9(2)11-4-10(3)5-12(6-11)25-16(23)17-26-14(8-27-17)22-7-13(19)15(20)21-18(22)24/h7,9-12,14,17H,4-6,8H2,1-3H3,(H2,20,21,24)/t10-,11-,12?,14?,17+/m0/s1. The molecule has 7 nitrogen and oxygen atoms in total. The lowest BCUT2D eigenvalue weighted by atomic mass is 9.75. The maximum Gasteiger partial charge on any atom is 0.351 e. The number of carbonyl (C=O) groups excluding carboxylic acids is 1. The molecule has 2 unspecified atom stereocenters. The Morgan fingerprint density at radius 3 is 2.89 bits per heavy atom. The van der Waals surface area contributed by atoms with Gasteiger partial charge in [-0.25, -0.2) is 14.0 Å². The van der Waals surface area contributed by atoms with Crippen molar-refractivity contribution in [1.82, 2.24) is 9.55 Å². The van der Waals surface area contributed by atoms with E-state index in [0.29, 0.717) is 23.5 Å². The monoisotopic (exact) mass is 399 g/mol. The van der Waals surface area contributed by atoms with Crippen molar-refractivity contribution in [3.63, 3.8) is 0 Å². The van der Waals surface area contributed by atoms with E-state index in [4.69, 9.17) is 15.2 Å². The van der Waals surface area contributed by atoms with Gasteiger partial charge in [-0.05, 0) is 37.0 Å². The Balaban J connectivity index is 1.61. The van der Waals surface area contributed by atoms with E-state index in [2.05, 4.69) is 25.8 Å². The minimum absolute atomic E-state index is 0.116. The van der Waals surface area contributed by atoms with Crippen LogP contribution in [-0.4, -0.2) is 32.8 Å². The highest BCUT2D eigenvalue weighted by molar-refractivity contribution is 8.00. The Bertz CT molecular complexity index is 757. The zero-order chi connectivity index (χ0) is 19.7. The summed E-state index contributed by atoms with van der Waals surface area (Å²) in [7, 11) is 0. The first-order chi connectivity index (χ1) is 12.7. The normalized spacial score (nSPS) is 31.2. The van der Waals surface area contributed by atoms with Crippen molar-refractivity contribution in [2.45, 2.75) is 57.8 Å². The van der Waals surface area contributed by atoms with Crippen LogP contribution >= 0.6 is 11.8 Å². The summed E-state index contributed by atoms with van der Waals surface area (Å²) in [5.74, 6) is 0.223. The van der Waals surface area contributed by atoms with Crippen LogP contribution in [0.15, 0.2) is 11.0 Å². The summed E-state index contributed by atoms with van der Waals surface area (Å²) in [6.07, 6.45) is 2.93. The first-order valence-corrected chi connectivity index (χ1v) is 10.3. The predicted octanol–water partition coefficient (Wildman–Crippen LogP) is 2.56. The number of thioether (sulfide) groups is 1. The van der Waals surface area contributed by atoms with Crippen LogP contribution in [-0.2, 0) is 14.3 Å². The Hall–Kier alpha value is -1.61. The lowest BCUT2D eigenvalue weighted by Crippen LogP contribution is -2.35. The number of hydrogen-bond acceptors (Lipinski definition) is 7. The molecule has 9 heteroatoms. The highest BCUT2D eigenvalue weighted by atomic mass is 32.2. The second kappa shape index (κ2) is 8.18. The summed E-state index contributed by atoms with van der Waals surface area (Å²) in [6.45, 7) is 6.57. The van der Waals surface area contributed by atoms with E-state index in [1.54, 1.807) is 0 Å². The van der Waals surface area contributed by atoms with Gasteiger partial charge < -0.3 is 15.2 Å². The zero-order valence-corrected chi connectivity index (χ0v) is 16.6. The van der Waals surface area contributed by atoms with E-state index in [-0.39, 0.29) is 6.10 Å². The molecular weight excluding hydrogens is 373 g/mol. The van der Waals surface area contributed by atoms with Gasteiger partial charge in [-0.2, -0.15) is 4.98 Å². The van der Waals surface area contributed by atoms with Gasteiger partial charge in [-0.3, -0.25) is 4.57 Å². The van der Waals surface area contributed by atoms with E-state index in [0.717, 1.165) is 30.0 Å². The van der Waals surface area contributed by atoms with Crippen molar-refractivity contribution in [3.05, 3.63) is 22.5 Å².